The van der Waals surface area contributed by atoms with Gasteiger partial charge in [-0.25, -0.2) is 0 Å². The van der Waals surface area contributed by atoms with Gasteiger partial charge in [0.2, 0.25) is 0 Å². The lowest BCUT2D eigenvalue weighted by Gasteiger charge is -2.28. The van der Waals surface area contributed by atoms with Gasteiger partial charge in [0, 0.05) is 22.1 Å². The zero-order chi connectivity index (χ0) is 13.4. The monoisotopic (exact) mass is 341 g/mol. The third-order valence-corrected chi connectivity index (χ3v) is 6.04. The summed E-state index contributed by atoms with van der Waals surface area (Å²) >= 11 is 9.56. The Balaban J connectivity index is 1.57. The van der Waals surface area contributed by atoms with Crippen molar-refractivity contribution in [2.24, 2.45) is 17.8 Å². The third-order valence-electron chi connectivity index (χ3n) is 5.06. The Kier molecular flexibility index (Phi) is 4.21. The zero-order valence-electron chi connectivity index (χ0n) is 11.3. The Bertz CT molecular complexity index is 462. The number of hydrogen-bond donors (Lipinski definition) is 1. The predicted molar refractivity (Wildman–Crippen MR) is 84.4 cm³/mol. The van der Waals surface area contributed by atoms with Crippen molar-refractivity contribution >= 4 is 27.5 Å². The molecule has 104 valence electrons. The summed E-state index contributed by atoms with van der Waals surface area (Å²) in [5, 5.41) is 4.50. The van der Waals surface area contributed by atoms with E-state index in [-0.39, 0.29) is 0 Å². The van der Waals surface area contributed by atoms with Gasteiger partial charge in [-0.3, -0.25) is 0 Å². The molecule has 4 atom stereocenters. The Labute approximate surface area is 129 Å². The smallest absolute Gasteiger partial charge is 0.0417 e. The van der Waals surface area contributed by atoms with E-state index in [4.69, 9.17) is 11.6 Å². The lowest BCUT2D eigenvalue weighted by Crippen LogP contribution is -2.35. The van der Waals surface area contributed by atoms with E-state index in [0.717, 1.165) is 33.8 Å². The molecule has 0 saturated heterocycles. The summed E-state index contributed by atoms with van der Waals surface area (Å²) < 4.78 is 1.10. The minimum absolute atomic E-state index is 0.623. The van der Waals surface area contributed by atoms with Crippen LogP contribution in [0.3, 0.4) is 0 Å². The van der Waals surface area contributed by atoms with Gasteiger partial charge in [0.05, 0.1) is 0 Å². The molecule has 2 bridgehead atoms. The van der Waals surface area contributed by atoms with Crippen molar-refractivity contribution in [2.75, 3.05) is 0 Å². The van der Waals surface area contributed by atoms with E-state index in [9.17, 15) is 0 Å². The van der Waals surface area contributed by atoms with Gasteiger partial charge in [0.1, 0.15) is 0 Å². The third kappa shape index (κ3) is 3.01. The molecule has 0 aliphatic heterocycles. The molecule has 3 rings (SSSR count). The van der Waals surface area contributed by atoms with Crippen molar-refractivity contribution in [3.63, 3.8) is 0 Å². The number of fused-ring (bicyclic) bond motifs is 2. The maximum Gasteiger partial charge on any atom is 0.0417 e. The highest BCUT2D eigenvalue weighted by molar-refractivity contribution is 9.10. The van der Waals surface area contributed by atoms with Crippen LogP contribution in [0, 0.1) is 17.8 Å². The quantitative estimate of drug-likeness (QED) is 0.810. The average Bonchev–Trinajstić information content (AvgIpc) is 2.99. The summed E-state index contributed by atoms with van der Waals surface area (Å²) in [6, 6.07) is 6.66. The molecule has 2 saturated carbocycles. The molecule has 1 N–H and O–H groups in total. The van der Waals surface area contributed by atoms with Crippen molar-refractivity contribution in [1.29, 1.82) is 0 Å². The van der Waals surface area contributed by atoms with Crippen molar-refractivity contribution in [3.8, 4) is 0 Å². The Morgan fingerprint density at radius 2 is 2.21 bits per heavy atom. The molecule has 2 aliphatic rings. The largest absolute Gasteiger partial charge is 0.310 e. The molecule has 19 heavy (non-hydrogen) atoms. The van der Waals surface area contributed by atoms with Crippen LogP contribution < -0.4 is 5.32 Å². The molecule has 2 aliphatic carbocycles. The second-order valence-corrected chi connectivity index (χ2v) is 7.53. The Morgan fingerprint density at radius 3 is 2.84 bits per heavy atom. The maximum absolute atomic E-state index is 5.98. The second-order valence-electron chi connectivity index (χ2n) is 6.24. The van der Waals surface area contributed by atoms with Gasteiger partial charge in [-0.2, -0.15) is 0 Å². The summed E-state index contributed by atoms with van der Waals surface area (Å²) in [4.78, 5) is 0. The highest BCUT2D eigenvalue weighted by Crippen LogP contribution is 2.49. The van der Waals surface area contributed by atoms with E-state index in [1.807, 2.05) is 12.1 Å². The van der Waals surface area contributed by atoms with Gasteiger partial charge >= 0.3 is 0 Å². The summed E-state index contributed by atoms with van der Waals surface area (Å²) in [6.07, 6.45) is 5.88. The molecule has 4 unspecified atom stereocenters. The SMILES string of the molecule is CC(NCc1ccc(Cl)cc1Br)C1CC2CCC1C2. The number of rotatable bonds is 4. The number of hydrogen-bond acceptors (Lipinski definition) is 1. The first-order valence-electron chi connectivity index (χ1n) is 7.31. The van der Waals surface area contributed by atoms with Crippen molar-refractivity contribution in [2.45, 2.75) is 45.2 Å². The molecule has 1 aromatic rings. The van der Waals surface area contributed by atoms with Crippen LogP contribution in [0.4, 0.5) is 0 Å². The topological polar surface area (TPSA) is 12.0 Å². The van der Waals surface area contributed by atoms with E-state index >= 15 is 0 Å². The molecule has 0 amide bonds. The van der Waals surface area contributed by atoms with Crippen LogP contribution in [0.15, 0.2) is 22.7 Å². The summed E-state index contributed by atoms with van der Waals surface area (Å²) in [5.74, 6) is 2.91. The summed E-state index contributed by atoms with van der Waals surface area (Å²) in [7, 11) is 0. The minimum Gasteiger partial charge on any atom is -0.310 e. The van der Waals surface area contributed by atoms with E-state index < -0.39 is 0 Å². The van der Waals surface area contributed by atoms with E-state index in [1.54, 1.807) is 0 Å². The van der Waals surface area contributed by atoms with E-state index in [2.05, 4.69) is 34.2 Å². The lowest BCUT2D eigenvalue weighted by atomic mass is 9.84. The van der Waals surface area contributed by atoms with Crippen LogP contribution in [0.2, 0.25) is 5.02 Å². The molecular formula is C16H21BrClN. The highest BCUT2D eigenvalue weighted by atomic mass is 79.9. The Morgan fingerprint density at radius 1 is 1.37 bits per heavy atom. The zero-order valence-corrected chi connectivity index (χ0v) is 13.7. The van der Waals surface area contributed by atoms with Crippen LogP contribution in [-0.2, 0) is 6.54 Å². The van der Waals surface area contributed by atoms with Gasteiger partial charge in [-0.05, 0) is 61.6 Å². The van der Waals surface area contributed by atoms with Crippen molar-refractivity contribution in [3.05, 3.63) is 33.3 Å². The molecule has 0 radical (unpaired) electrons. The minimum atomic E-state index is 0.623. The van der Waals surface area contributed by atoms with Crippen molar-refractivity contribution in [1.82, 2.24) is 5.32 Å². The molecule has 1 aromatic carbocycles. The first-order valence-corrected chi connectivity index (χ1v) is 8.48. The van der Waals surface area contributed by atoms with Crippen LogP contribution in [-0.4, -0.2) is 6.04 Å². The lowest BCUT2D eigenvalue weighted by molar-refractivity contribution is 0.259. The van der Waals surface area contributed by atoms with Gasteiger partial charge in [-0.1, -0.05) is 40.0 Å². The predicted octanol–water partition coefficient (Wildman–Crippen LogP) is 5.02. The molecular weight excluding hydrogens is 322 g/mol. The fourth-order valence-electron chi connectivity index (χ4n) is 3.99. The van der Waals surface area contributed by atoms with E-state index in [0.29, 0.717) is 6.04 Å². The van der Waals surface area contributed by atoms with Crippen LogP contribution in [0.25, 0.3) is 0 Å². The summed E-state index contributed by atoms with van der Waals surface area (Å²) in [6.45, 7) is 3.28. The van der Waals surface area contributed by atoms with Gasteiger partial charge < -0.3 is 5.32 Å². The molecule has 0 spiro atoms. The van der Waals surface area contributed by atoms with Gasteiger partial charge in [-0.15, -0.1) is 0 Å². The normalized spacial score (nSPS) is 30.8. The number of benzene rings is 1. The molecule has 0 heterocycles. The van der Waals surface area contributed by atoms with Crippen LogP contribution >= 0.6 is 27.5 Å². The van der Waals surface area contributed by atoms with Crippen LogP contribution in [0.1, 0.15) is 38.2 Å². The summed E-state index contributed by atoms with van der Waals surface area (Å²) in [5.41, 5.74) is 1.29. The van der Waals surface area contributed by atoms with Crippen LogP contribution in [0.5, 0.6) is 0 Å². The first kappa shape index (κ1) is 13.9. The highest BCUT2D eigenvalue weighted by Gasteiger charge is 2.41. The van der Waals surface area contributed by atoms with Crippen molar-refractivity contribution < 1.29 is 0 Å². The van der Waals surface area contributed by atoms with Gasteiger partial charge in [0.15, 0.2) is 0 Å². The molecule has 2 fully saturated rings. The van der Waals surface area contributed by atoms with Gasteiger partial charge in [0.25, 0.3) is 0 Å². The molecule has 0 aromatic heterocycles. The molecule has 3 heteroatoms. The second kappa shape index (κ2) is 5.75. The Hall–Kier alpha value is -0.0500. The average molecular weight is 343 g/mol. The molecule has 1 nitrogen and oxygen atoms in total. The number of halogens is 2. The number of nitrogens with one attached hydrogen (secondary N) is 1. The standard InChI is InChI=1S/C16H21BrClN/c1-10(15-7-11-2-3-12(15)6-11)19-9-13-4-5-14(18)8-16(13)17/h4-5,8,10-12,15,19H,2-3,6-7,9H2,1H3. The fourth-order valence-corrected chi connectivity index (χ4v) is 4.82. The van der Waals surface area contributed by atoms with E-state index in [1.165, 1.54) is 31.2 Å². The first-order chi connectivity index (χ1) is 9.13. The fraction of sp³-hybridized carbons (Fsp3) is 0.625. The maximum atomic E-state index is 5.98.